The summed E-state index contributed by atoms with van der Waals surface area (Å²) in [6, 6.07) is 7.07. The van der Waals surface area contributed by atoms with Crippen molar-refractivity contribution in [2.75, 3.05) is 20.8 Å². The summed E-state index contributed by atoms with van der Waals surface area (Å²) < 4.78 is 14.5. The first kappa shape index (κ1) is 14.8. The lowest BCUT2D eigenvalue weighted by Crippen LogP contribution is -2.15. The van der Waals surface area contributed by atoms with Gasteiger partial charge in [0.25, 0.3) is 0 Å². The standard InChI is InChI=1S/C14H16O5/c1-4-19-12-8-6-5-7-10(12)9-11(13(15)17-2)14(16)18-3/h5-9H,4H2,1-3H3. The number of methoxy groups -OCH3 is 2. The van der Waals surface area contributed by atoms with Crippen LogP contribution < -0.4 is 4.74 Å². The van der Waals surface area contributed by atoms with Crippen LogP contribution in [0.1, 0.15) is 12.5 Å². The van der Waals surface area contributed by atoms with Crippen LogP contribution >= 0.6 is 0 Å². The minimum absolute atomic E-state index is 0.183. The Kier molecular flexibility index (Phi) is 5.60. The van der Waals surface area contributed by atoms with Crippen molar-refractivity contribution in [2.24, 2.45) is 0 Å². The van der Waals surface area contributed by atoms with Gasteiger partial charge in [0.15, 0.2) is 0 Å². The molecule has 0 heterocycles. The van der Waals surface area contributed by atoms with Crippen LogP contribution in [0.2, 0.25) is 0 Å². The van der Waals surface area contributed by atoms with E-state index in [0.717, 1.165) is 0 Å². The molecule has 1 aromatic carbocycles. The molecule has 0 saturated heterocycles. The van der Waals surface area contributed by atoms with Gasteiger partial charge in [-0.1, -0.05) is 18.2 Å². The van der Waals surface area contributed by atoms with E-state index in [0.29, 0.717) is 17.9 Å². The molecule has 0 spiro atoms. The first-order chi connectivity index (χ1) is 9.13. The maximum Gasteiger partial charge on any atom is 0.345 e. The van der Waals surface area contributed by atoms with E-state index in [1.807, 2.05) is 6.92 Å². The average Bonchev–Trinajstić information content (AvgIpc) is 2.45. The van der Waals surface area contributed by atoms with Crippen molar-refractivity contribution in [1.29, 1.82) is 0 Å². The Hall–Kier alpha value is -2.30. The number of rotatable bonds is 5. The van der Waals surface area contributed by atoms with Gasteiger partial charge in [0.05, 0.1) is 20.8 Å². The van der Waals surface area contributed by atoms with E-state index in [-0.39, 0.29) is 5.57 Å². The number of esters is 2. The molecule has 19 heavy (non-hydrogen) atoms. The fraction of sp³-hybridized carbons (Fsp3) is 0.286. The van der Waals surface area contributed by atoms with Crippen molar-refractivity contribution in [3.8, 4) is 5.75 Å². The van der Waals surface area contributed by atoms with E-state index in [4.69, 9.17) is 4.74 Å². The Morgan fingerprint density at radius 2 is 1.68 bits per heavy atom. The van der Waals surface area contributed by atoms with Crippen LogP contribution in [0.3, 0.4) is 0 Å². The van der Waals surface area contributed by atoms with Gasteiger partial charge < -0.3 is 14.2 Å². The number of para-hydroxylation sites is 1. The molecule has 0 aliphatic rings. The Labute approximate surface area is 111 Å². The largest absolute Gasteiger partial charge is 0.493 e. The molecule has 1 rings (SSSR count). The highest BCUT2D eigenvalue weighted by Crippen LogP contribution is 2.21. The van der Waals surface area contributed by atoms with Crippen molar-refractivity contribution in [2.45, 2.75) is 6.92 Å². The zero-order chi connectivity index (χ0) is 14.3. The van der Waals surface area contributed by atoms with Gasteiger partial charge in [-0.3, -0.25) is 0 Å². The highest BCUT2D eigenvalue weighted by molar-refractivity contribution is 6.17. The van der Waals surface area contributed by atoms with Gasteiger partial charge >= 0.3 is 11.9 Å². The molecule has 0 aliphatic carbocycles. The summed E-state index contributed by atoms with van der Waals surface area (Å²) in [6.07, 6.45) is 1.39. The van der Waals surface area contributed by atoms with Crippen molar-refractivity contribution in [3.05, 3.63) is 35.4 Å². The molecule has 0 amide bonds. The lowest BCUT2D eigenvalue weighted by atomic mass is 10.1. The topological polar surface area (TPSA) is 61.8 Å². The summed E-state index contributed by atoms with van der Waals surface area (Å²) in [5, 5.41) is 0. The normalized spacial score (nSPS) is 9.42. The highest BCUT2D eigenvalue weighted by atomic mass is 16.5. The first-order valence-electron chi connectivity index (χ1n) is 5.74. The van der Waals surface area contributed by atoms with Gasteiger partial charge in [0, 0.05) is 5.56 Å². The Balaban J connectivity index is 3.21. The molecule has 102 valence electrons. The zero-order valence-corrected chi connectivity index (χ0v) is 11.1. The van der Waals surface area contributed by atoms with Crippen LogP contribution in [0.5, 0.6) is 5.75 Å². The van der Waals surface area contributed by atoms with E-state index in [1.165, 1.54) is 20.3 Å². The number of carbonyl (C=O) groups excluding carboxylic acids is 2. The molecule has 0 aliphatic heterocycles. The second-order valence-electron chi connectivity index (χ2n) is 3.51. The summed E-state index contributed by atoms with van der Waals surface area (Å²) in [7, 11) is 2.40. The maximum atomic E-state index is 11.6. The predicted molar refractivity (Wildman–Crippen MR) is 69.6 cm³/mol. The molecule has 0 radical (unpaired) electrons. The number of benzene rings is 1. The minimum atomic E-state index is -0.752. The number of carbonyl (C=O) groups is 2. The van der Waals surface area contributed by atoms with Gasteiger partial charge in [-0.25, -0.2) is 9.59 Å². The highest BCUT2D eigenvalue weighted by Gasteiger charge is 2.20. The van der Waals surface area contributed by atoms with Crippen LogP contribution in [-0.2, 0) is 19.1 Å². The molecular formula is C14H16O5. The molecule has 0 fully saturated rings. The molecule has 0 bridgehead atoms. The molecule has 1 aromatic rings. The quantitative estimate of drug-likeness (QED) is 0.351. The maximum absolute atomic E-state index is 11.6. The third-order valence-electron chi connectivity index (χ3n) is 2.33. The summed E-state index contributed by atoms with van der Waals surface area (Å²) in [5.74, 6) is -0.924. The lowest BCUT2D eigenvalue weighted by Gasteiger charge is -2.08. The van der Waals surface area contributed by atoms with Gasteiger partial charge in [0.2, 0.25) is 0 Å². The molecule has 0 N–H and O–H groups in total. The fourth-order valence-corrected chi connectivity index (χ4v) is 1.46. The third kappa shape index (κ3) is 3.84. The summed E-state index contributed by atoms with van der Waals surface area (Å²) >= 11 is 0. The molecule has 0 atom stereocenters. The second-order valence-corrected chi connectivity index (χ2v) is 3.51. The van der Waals surface area contributed by atoms with Crippen molar-refractivity contribution in [3.63, 3.8) is 0 Å². The van der Waals surface area contributed by atoms with Gasteiger partial charge in [-0.2, -0.15) is 0 Å². The second kappa shape index (κ2) is 7.20. The summed E-state index contributed by atoms with van der Waals surface area (Å²) in [5.41, 5.74) is 0.423. The van der Waals surface area contributed by atoms with E-state index >= 15 is 0 Å². The van der Waals surface area contributed by atoms with Crippen molar-refractivity contribution < 1.29 is 23.8 Å². The van der Waals surface area contributed by atoms with E-state index in [1.54, 1.807) is 24.3 Å². The fourth-order valence-electron chi connectivity index (χ4n) is 1.46. The van der Waals surface area contributed by atoms with E-state index < -0.39 is 11.9 Å². The molecule has 0 aromatic heterocycles. The van der Waals surface area contributed by atoms with E-state index in [9.17, 15) is 9.59 Å². The van der Waals surface area contributed by atoms with Crippen LogP contribution in [0.15, 0.2) is 29.8 Å². The SMILES string of the molecule is CCOc1ccccc1C=C(C(=O)OC)C(=O)OC. The van der Waals surface area contributed by atoms with E-state index in [2.05, 4.69) is 9.47 Å². The minimum Gasteiger partial charge on any atom is -0.493 e. The van der Waals surface area contributed by atoms with Gasteiger partial charge in [-0.05, 0) is 19.1 Å². The predicted octanol–water partition coefficient (Wildman–Crippen LogP) is 1.81. The van der Waals surface area contributed by atoms with Crippen LogP contribution in [0.25, 0.3) is 6.08 Å². The molecule has 5 heteroatoms. The van der Waals surface area contributed by atoms with Crippen LogP contribution in [0.4, 0.5) is 0 Å². The van der Waals surface area contributed by atoms with Gasteiger partial charge in [-0.15, -0.1) is 0 Å². The molecule has 0 unspecified atom stereocenters. The smallest absolute Gasteiger partial charge is 0.345 e. The Morgan fingerprint density at radius 3 is 2.21 bits per heavy atom. The monoisotopic (exact) mass is 264 g/mol. The Bertz CT molecular complexity index is 472. The van der Waals surface area contributed by atoms with Crippen molar-refractivity contribution in [1.82, 2.24) is 0 Å². The molecule has 0 saturated carbocycles. The number of hydrogen-bond donors (Lipinski definition) is 0. The Morgan fingerprint density at radius 1 is 1.11 bits per heavy atom. The molecular weight excluding hydrogens is 248 g/mol. The lowest BCUT2D eigenvalue weighted by molar-refractivity contribution is -0.143. The van der Waals surface area contributed by atoms with Crippen LogP contribution in [-0.4, -0.2) is 32.8 Å². The summed E-state index contributed by atoms with van der Waals surface area (Å²) in [6.45, 7) is 2.33. The number of hydrogen-bond acceptors (Lipinski definition) is 5. The first-order valence-corrected chi connectivity index (χ1v) is 5.74. The van der Waals surface area contributed by atoms with Crippen molar-refractivity contribution >= 4 is 18.0 Å². The zero-order valence-electron chi connectivity index (χ0n) is 11.1. The third-order valence-corrected chi connectivity index (χ3v) is 2.33. The average molecular weight is 264 g/mol. The van der Waals surface area contributed by atoms with Gasteiger partial charge in [0.1, 0.15) is 11.3 Å². The molecule has 5 nitrogen and oxygen atoms in total. The summed E-state index contributed by atoms with van der Waals surface area (Å²) in [4.78, 5) is 23.1. The van der Waals surface area contributed by atoms with Crippen LogP contribution in [0, 0.1) is 0 Å². The number of ether oxygens (including phenoxy) is 3.